The lowest BCUT2D eigenvalue weighted by Crippen LogP contribution is -2.13. The van der Waals surface area contributed by atoms with Crippen molar-refractivity contribution in [2.45, 2.75) is 0 Å². The molecule has 0 bridgehead atoms. The number of anilines is 3. The Hall–Kier alpha value is -3.05. The van der Waals surface area contributed by atoms with Crippen molar-refractivity contribution < 1.29 is 9.53 Å². The van der Waals surface area contributed by atoms with E-state index in [1.54, 1.807) is 49.7 Å². The molecule has 0 aliphatic rings. The van der Waals surface area contributed by atoms with Crippen molar-refractivity contribution in [2.75, 3.05) is 17.7 Å². The fraction of sp³-hybridized carbons (Fsp3) is 0.0526. The van der Waals surface area contributed by atoms with Gasteiger partial charge in [-0.2, -0.15) is 0 Å². The zero-order valence-electron chi connectivity index (χ0n) is 13.5. The number of aromatic nitrogens is 1. The number of nitrogens with zero attached hydrogens (tertiary/aromatic N) is 1. The van der Waals surface area contributed by atoms with E-state index in [1.807, 2.05) is 24.3 Å². The van der Waals surface area contributed by atoms with E-state index in [-0.39, 0.29) is 5.91 Å². The number of rotatable bonds is 5. The van der Waals surface area contributed by atoms with E-state index >= 15 is 0 Å². The van der Waals surface area contributed by atoms with Crippen molar-refractivity contribution in [3.63, 3.8) is 0 Å². The van der Waals surface area contributed by atoms with Crippen molar-refractivity contribution in [1.29, 1.82) is 0 Å². The summed E-state index contributed by atoms with van der Waals surface area (Å²) in [4.78, 5) is 16.4. The van der Waals surface area contributed by atoms with E-state index in [0.717, 1.165) is 17.1 Å². The number of carbonyl (C=O) groups is 1. The number of pyridine rings is 1. The molecule has 1 heterocycles. The van der Waals surface area contributed by atoms with Crippen LogP contribution in [0, 0.1) is 0 Å². The molecule has 0 spiro atoms. The van der Waals surface area contributed by atoms with Gasteiger partial charge in [0.25, 0.3) is 5.91 Å². The van der Waals surface area contributed by atoms with Crippen molar-refractivity contribution in [3.8, 4) is 5.75 Å². The molecule has 126 valence electrons. The van der Waals surface area contributed by atoms with Gasteiger partial charge in [-0.1, -0.05) is 17.7 Å². The van der Waals surface area contributed by atoms with Crippen LogP contribution >= 0.6 is 11.6 Å². The number of ether oxygens (including phenoxy) is 1. The first-order valence-corrected chi connectivity index (χ1v) is 7.96. The van der Waals surface area contributed by atoms with Gasteiger partial charge >= 0.3 is 0 Å². The minimum Gasteiger partial charge on any atom is -0.497 e. The van der Waals surface area contributed by atoms with Crippen molar-refractivity contribution >= 4 is 34.6 Å². The van der Waals surface area contributed by atoms with Gasteiger partial charge < -0.3 is 15.4 Å². The minimum atomic E-state index is -0.282. The summed E-state index contributed by atoms with van der Waals surface area (Å²) in [7, 11) is 1.62. The Bertz CT molecular complexity index is 865. The highest BCUT2D eigenvalue weighted by Gasteiger charge is 2.08. The summed E-state index contributed by atoms with van der Waals surface area (Å²) < 4.78 is 5.19. The SMILES string of the molecule is COc1cccc(Nc2ccc(C(=O)Nc3ccc(Cl)cc3)nc2)c1. The Balaban J connectivity index is 1.66. The largest absolute Gasteiger partial charge is 0.497 e. The Morgan fingerprint density at radius 3 is 2.44 bits per heavy atom. The third-order valence-electron chi connectivity index (χ3n) is 3.46. The number of hydrogen-bond acceptors (Lipinski definition) is 4. The lowest BCUT2D eigenvalue weighted by molar-refractivity contribution is 0.102. The molecule has 0 atom stereocenters. The molecular weight excluding hydrogens is 338 g/mol. The molecule has 3 rings (SSSR count). The molecule has 0 aliphatic heterocycles. The highest BCUT2D eigenvalue weighted by atomic mass is 35.5. The number of benzene rings is 2. The van der Waals surface area contributed by atoms with Gasteiger partial charge in [0.1, 0.15) is 11.4 Å². The van der Waals surface area contributed by atoms with Gasteiger partial charge in [-0.25, -0.2) is 4.98 Å². The van der Waals surface area contributed by atoms with Gasteiger partial charge in [0, 0.05) is 22.5 Å². The van der Waals surface area contributed by atoms with Crippen LogP contribution in [0.4, 0.5) is 17.1 Å². The molecule has 0 aliphatic carbocycles. The molecule has 2 N–H and O–H groups in total. The van der Waals surface area contributed by atoms with Crippen LogP contribution in [0.25, 0.3) is 0 Å². The quantitative estimate of drug-likeness (QED) is 0.695. The predicted molar refractivity (Wildman–Crippen MR) is 99.9 cm³/mol. The number of methoxy groups -OCH3 is 1. The summed E-state index contributed by atoms with van der Waals surface area (Å²) in [5.74, 6) is 0.479. The fourth-order valence-electron chi connectivity index (χ4n) is 2.20. The maximum atomic E-state index is 12.2. The fourth-order valence-corrected chi connectivity index (χ4v) is 2.32. The number of carbonyl (C=O) groups excluding carboxylic acids is 1. The molecule has 2 aromatic carbocycles. The average molecular weight is 354 g/mol. The van der Waals surface area contributed by atoms with E-state index in [2.05, 4.69) is 15.6 Å². The Labute approximate surface area is 150 Å². The average Bonchev–Trinajstić information content (AvgIpc) is 2.64. The number of halogens is 1. The predicted octanol–water partition coefficient (Wildman–Crippen LogP) is 4.74. The van der Waals surface area contributed by atoms with E-state index in [0.29, 0.717) is 16.4 Å². The van der Waals surface area contributed by atoms with Crippen LogP contribution in [0.1, 0.15) is 10.5 Å². The summed E-state index contributed by atoms with van der Waals surface area (Å²) in [6.45, 7) is 0. The van der Waals surface area contributed by atoms with Crippen LogP contribution in [0.15, 0.2) is 66.9 Å². The van der Waals surface area contributed by atoms with Gasteiger partial charge in [-0.05, 0) is 48.5 Å². The molecule has 0 unspecified atom stereocenters. The molecule has 0 fully saturated rings. The van der Waals surface area contributed by atoms with E-state index < -0.39 is 0 Å². The lowest BCUT2D eigenvalue weighted by atomic mass is 10.2. The second-order valence-electron chi connectivity index (χ2n) is 5.25. The third-order valence-corrected chi connectivity index (χ3v) is 3.71. The third kappa shape index (κ3) is 4.49. The molecule has 3 aromatic rings. The van der Waals surface area contributed by atoms with Gasteiger partial charge in [0.05, 0.1) is 19.0 Å². The minimum absolute atomic E-state index is 0.282. The van der Waals surface area contributed by atoms with Crippen LogP contribution in [-0.2, 0) is 0 Å². The normalized spacial score (nSPS) is 10.2. The molecule has 1 aromatic heterocycles. The number of nitrogens with one attached hydrogen (secondary N) is 2. The first-order chi connectivity index (χ1) is 12.1. The Kier molecular flexibility index (Phi) is 5.16. The van der Waals surface area contributed by atoms with Crippen molar-refractivity contribution in [2.24, 2.45) is 0 Å². The first kappa shape index (κ1) is 16.8. The van der Waals surface area contributed by atoms with Gasteiger partial charge in [-0.3, -0.25) is 4.79 Å². The van der Waals surface area contributed by atoms with Crippen LogP contribution in [0.2, 0.25) is 5.02 Å². The molecular formula is C19H16ClN3O2. The monoisotopic (exact) mass is 353 g/mol. The van der Waals surface area contributed by atoms with E-state index in [4.69, 9.17) is 16.3 Å². The first-order valence-electron chi connectivity index (χ1n) is 7.58. The molecule has 0 saturated carbocycles. The second kappa shape index (κ2) is 7.68. The molecule has 25 heavy (non-hydrogen) atoms. The highest BCUT2D eigenvalue weighted by Crippen LogP contribution is 2.21. The summed E-state index contributed by atoms with van der Waals surface area (Å²) in [6, 6.07) is 17.9. The van der Waals surface area contributed by atoms with E-state index in [9.17, 15) is 4.79 Å². The van der Waals surface area contributed by atoms with Crippen LogP contribution < -0.4 is 15.4 Å². The Morgan fingerprint density at radius 2 is 1.76 bits per heavy atom. The zero-order chi connectivity index (χ0) is 17.6. The molecule has 5 nitrogen and oxygen atoms in total. The summed E-state index contributed by atoms with van der Waals surface area (Å²) in [5, 5.41) is 6.60. The van der Waals surface area contributed by atoms with Crippen LogP contribution in [-0.4, -0.2) is 18.0 Å². The molecule has 6 heteroatoms. The maximum absolute atomic E-state index is 12.2. The summed E-state index contributed by atoms with van der Waals surface area (Å²) >= 11 is 5.83. The molecule has 1 amide bonds. The smallest absolute Gasteiger partial charge is 0.274 e. The van der Waals surface area contributed by atoms with Crippen molar-refractivity contribution in [1.82, 2.24) is 4.98 Å². The summed E-state index contributed by atoms with van der Waals surface area (Å²) in [5.41, 5.74) is 2.64. The summed E-state index contributed by atoms with van der Waals surface area (Å²) in [6.07, 6.45) is 1.61. The molecule has 0 saturated heterocycles. The number of hydrogen-bond donors (Lipinski definition) is 2. The maximum Gasteiger partial charge on any atom is 0.274 e. The van der Waals surface area contributed by atoms with E-state index in [1.165, 1.54) is 0 Å². The van der Waals surface area contributed by atoms with Crippen LogP contribution in [0.3, 0.4) is 0 Å². The van der Waals surface area contributed by atoms with Crippen molar-refractivity contribution in [3.05, 3.63) is 77.6 Å². The highest BCUT2D eigenvalue weighted by molar-refractivity contribution is 6.30. The topological polar surface area (TPSA) is 63.2 Å². The van der Waals surface area contributed by atoms with Gasteiger partial charge in [-0.15, -0.1) is 0 Å². The lowest BCUT2D eigenvalue weighted by Gasteiger charge is -2.09. The number of amides is 1. The van der Waals surface area contributed by atoms with Crippen LogP contribution in [0.5, 0.6) is 5.75 Å². The molecule has 0 radical (unpaired) electrons. The zero-order valence-corrected chi connectivity index (χ0v) is 14.2. The Morgan fingerprint density at radius 1 is 1.00 bits per heavy atom. The van der Waals surface area contributed by atoms with Gasteiger partial charge in [0.2, 0.25) is 0 Å². The second-order valence-corrected chi connectivity index (χ2v) is 5.69. The van der Waals surface area contributed by atoms with Gasteiger partial charge in [0.15, 0.2) is 0 Å². The standard InChI is InChI=1S/C19H16ClN3O2/c1-25-17-4-2-3-15(11-17)22-16-9-10-18(21-12-16)19(24)23-14-7-5-13(20)6-8-14/h2-12,22H,1H3,(H,23,24).